The quantitative estimate of drug-likeness (QED) is 0.571. The average molecular weight is 322 g/mol. The highest BCUT2D eigenvalue weighted by atomic mass is 19.1. The summed E-state index contributed by atoms with van der Waals surface area (Å²) in [5.74, 6) is 1.26. The van der Waals surface area contributed by atoms with E-state index in [0.29, 0.717) is 12.0 Å². The predicted octanol–water partition coefficient (Wildman–Crippen LogP) is 2.51. The highest BCUT2D eigenvalue weighted by Gasteiger charge is 2.13. The van der Waals surface area contributed by atoms with Gasteiger partial charge in [0.25, 0.3) is 0 Å². The molecule has 130 valence electrons. The van der Waals surface area contributed by atoms with Crippen LogP contribution in [-0.2, 0) is 6.42 Å². The van der Waals surface area contributed by atoms with Crippen molar-refractivity contribution in [2.45, 2.75) is 32.7 Å². The lowest BCUT2D eigenvalue weighted by atomic mass is 10.0. The molecule has 1 unspecified atom stereocenters. The third-order valence-corrected chi connectivity index (χ3v) is 3.80. The van der Waals surface area contributed by atoms with E-state index < -0.39 is 0 Å². The Labute approximate surface area is 140 Å². The number of guanidine groups is 1. The molecule has 0 bridgehead atoms. The van der Waals surface area contributed by atoms with Crippen LogP contribution in [0.2, 0.25) is 0 Å². The van der Waals surface area contributed by atoms with Crippen LogP contribution in [0.3, 0.4) is 0 Å². The van der Waals surface area contributed by atoms with Gasteiger partial charge >= 0.3 is 0 Å². The van der Waals surface area contributed by atoms with Gasteiger partial charge in [0.1, 0.15) is 5.82 Å². The largest absolute Gasteiger partial charge is 0.356 e. The van der Waals surface area contributed by atoms with E-state index in [4.69, 9.17) is 0 Å². The molecule has 23 heavy (non-hydrogen) atoms. The van der Waals surface area contributed by atoms with E-state index in [2.05, 4.69) is 48.5 Å². The van der Waals surface area contributed by atoms with Crippen LogP contribution in [0.1, 0.15) is 25.8 Å². The minimum atomic E-state index is -0.187. The molecule has 1 aromatic carbocycles. The van der Waals surface area contributed by atoms with Crippen molar-refractivity contribution in [2.24, 2.45) is 10.9 Å². The van der Waals surface area contributed by atoms with E-state index >= 15 is 0 Å². The number of hydrogen-bond donors (Lipinski definition) is 2. The lowest BCUT2D eigenvalue weighted by molar-refractivity contribution is 0.254. The van der Waals surface area contributed by atoms with E-state index in [0.717, 1.165) is 37.5 Å². The highest BCUT2D eigenvalue weighted by molar-refractivity contribution is 5.79. The molecule has 0 aliphatic heterocycles. The fourth-order valence-corrected chi connectivity index (χ4v) is 2.47. The standard InChI is InChI=1S/C18H31FN4/c1-14(2)11-17(23(4)5)13-22-18(20-3)21-10-9-15-7-6-8-16(19)12-15/h6-8,12,14,17H,9-11,13H2,1-5H3,(H2,20,21,22). The summed E-state index contributed by atoms with van der Waals surface area (Å²) >= 11 is 0. The molecule has 0 radical (unpaired) electrons. The van der Waals surface area contributed by atoms with Crippen molar-refractivity contribution >= 4 is 5.96 Å². The minimum absolute atomic E-state index is 0.187. The van der Waals surface area contributed by atoms with Crippen molar-refractivity contribution in [3.05, 3.63) is 35.6 Å². The zero-order valence-corrected chi connectivity index (χ0v) is 15.1. The van der Waals surface area contributed by atoms with E-state index in [9.17, 15) is 4.39 Å². The van der Waals surface area contributed by atoms with Gasteiger partial charge in [-0.3, -0.25) is 4.99 Å². The second kappa shape index (κ2) is 10.2. The molecular weight excluding hydrogens is 291 g/mol. The van der Waals surface area contributed by atoms with Gasteiger partial charge in [-0.25, -0.2) is 4.39 Å². The zero-order chi connectivity index (χ0) is 17.2. The molecular formula is C18H31FN4. The van der Waals surface area contributed by atoms with Gasteiger partial charge in [0.15, 0.2) is 5.96 Å². The van der Waals surface area contributed by atoms with Crippen molar-refractivity contribution in [1.29, 1.82) is 0 Å². The SMILES string of the molecule is CN=C(NCCc1cccc(F)c1)NCC(CC(C)C)N(C)C. The molecule has 0 aliphatic carbocycles. The Balaban J connectivity index is 2.39. The first-order valence-electron chi connectivity index (χ1n) is 8.27. The Kier molecular flexibility index (Phi) is 8.62. The number of halogens is 1. The summed E-state index contributed by atoms with van der Waals surface area (Å²) in [5, 5.41) is 6.66. The molecule has 0 aromatic heterocycles. The average Bonchev–Trinajstić information content (AvgIpc) is 2.48. The molecule has 0 saturated heterocycles. The summed E-state index contributed by atoms with van der Waals surface area (Å²) in [6.07, 6.45) is 1.90. The van der Waals surface area contributed by atoms with Crippen LogP contribution in [0.15, 0.2) is 29.3 Å². The third kappa shape index (κ3) is 7.98. The smallest absolute Gasteiger partial charge is 0.191 e. The van der Waals surface area contributed by atoms with E-state index in [1.807, 2.05) is 6.07 Å². The van der Waals surface area contributed by atoms with Gasteiger partial charge in [-0.1, -0.05) is 26.0 Å². The van der Waals surface area contributed by atoms with Crippen molar-refractivity contribution < 1.29 is 4.39 Å². The molecule has 0 aliphatic rings. The number of nitrogens with one attached hydrogen (secondary N) is 2. The van der Waals surface area contributed by atoms with Crippen molar-refractivity contribution in [1.82, 2.24) is 15.5 Å². The molecule has 2 N–H and O–H groups in total. The van der Waals surface area contributed by atoms with Crippen LogP contribution in [0.25, 0.3) is 0 Å². The molecule has 1 rings (SSSR count). The Morgan fingerprint density at radius 3 is 2.57 bits per heavy atom. The number of hydrogen-bond acceptors (Lipinski definition) is 2. The molecule has 0 amide bonds. The third-order valence-electron chi connectivity index (χ3n) is 3.80. The number of aliphatic imine (C=N–C) groups is 1. The van der Waals surface area contributed by atoms with Crippen LogP contribution < -0.4 is 10.6 Å². The fraction of sp³-hybridized carbons (Fsp3) is 0.611. The highest BCUT2D eigenvalue weighted by Crippen LogP contribution is 2.08. The van der Waals surface area contributed by atoms with Gasteiger partial charge in [-0.15, -0.1) is 0 Å². The van der Waals surface area contributed by atoms with E-state index in [-0.39, 0.29) is 5.82 Å². The normalized spacial score (nSPS) is 13.5. The summed E-state index contributed by atoms with van der Waals surface area (Å²) in [6, 6.07) is 7.18. The van der Waals surface area contributed by atoms with Crippen LogP contribution in [0.5, 0.6) is 0 Å². The van der Waals surface area contributed by atoms with Crippen LogP contribution >= 0.6 is 0 Å². The Hall–Kier alpha value is -1.62. The van der Waals surface area contributed by atoms with Crippen molar-refractivity contribution in [3.8, 4) is 0 Å². The Bertz CT molecular complexity index is 486. The molecule has 0 saturated carbocycles. The topological polar surface area (TPSA) is 39.7 Å². The first-order chi connectivity index (χ1) is 10.9. The molecule has 0 spiro atoms. The lowest BCUT2D eigenvalue weighted by Gasteiger charge is -2.27. The second-order valence-electron chi connectivity index (χ2n) is 6.51. The molecule has 1 atom stereocenters. The zero-order valence-electron chi connectivity index (χ0n) is 15.1. The maximum atomic E-state index is 13.1. The maximum Gasteiger partial charge on any atom is 0.191 e. The molecule has 0 fully saturated rings. The Morgan fingerprint density at radius 1 is 1.26 bits per heavy atom. The van der Waals surface area contributed by atoms with Gasteiger partial charge in [0, 0.05) is 26.2 Å². The minimum Gasteiger partial charge on any atom is -0.356 e. The Morgan fingerprint density at radius 2 is 2.00 bits per heavy atom. The van der Waals surface area contributed by atoms with Gasteiger partial charge in [0.05, 0.1) is 0 Å². The number of nitrogens with zero attached hydrogens (tertiary/aromatic N) is 2. The van der Waals surface area contributed by atoms with Gasteiger partial charge < -0.3 is 15.5 Å². The number of rotatable bonds is 8. The lowest BCUT2D eigenvalue weighted by Crippen LogP contribution is -2.45. The maximum absolute atomic E-state index is 13.1. The predicted molar refractivity (Wildman–Crippen MR) is 96.4 cm³/mol. The first kappa shape index (κ1) is 19.4. The summed E-state index contributed by atoms with van der Waals surface area (Å²) < 4.78 is 13.1. The molecule has 1 aromatic rings. The molecule has 4 nitrogen and oxygen atoms in total. The summed E-state index contributed by atoms with van der Waals surface area (Å²) in [6.45, 7) is 6.05. The van der Waals surface area contributed by atoms with Crippen molar-refractivity contribution in [3.63, 3.8) is 0 Å². The van der Waals surface area contributed by atoms with Gasteiger partial charge in [0.2, 0.25) is 0 Å². The number of benzene rings is 1. The van der Waals surface area contributed by atoms with E-state index in [1.54, 1.807) is 19.2 Å². The molecule has 0 heterocycles. The first-order valence-corrected chi connectivity index (χ1v) is 8.27. The van der Waals surface area contributed by atoms with Crippen LogP contribution in [-0.4, -0.2) is 51.1 Å². The summed E-state index contributed by atoms with van der Waals surface area (Å²) in [5.41, 5.74) is 0.985. The summed E-state index contributed by atoms with van der Waals surface area (Å²) in [7, 11) is 5.98. The second-order valence-corrected chi connectivity index (χ2v) is 6.51. The van der Waals surface area contributed by atoms with E-state index in [1.165, 1.54) is 6.07 Å². The van der Waals surface area contributed by atoms with Gasteiger partial charge in [-0.05, 0) is 50.6 Å². The monoisotopic (exact) mass is 322 g/mol. The molecule has 5 heteroatoms. The van der Waals surface area contributed by atoms with Crippen LogP contribution in [0, 0.1) is 11.7 Å². The summed E-state index contributed by atoms with van der Waals surface area (Å²) in [4.78, 5) is 6.49. The van der Waals surface area contributed by atoms with Crippen molar-refractivity contribution in [2.75, 3.05) is 34.2 Å². The van der Waals surface area contributed by atoms with Gasteiger partial charge in [-0.2, -0.15) is 0 Å². The van der Waals surface area contributed by atoms with Crippen LogP contribution in [0.4, 0.5) is 4.39 Å². The number of likely N-dealkylation sites (N-methyl/N-ethyl adjacent to an activating group) is 1. The fourth-order valence-electron chi connectivity index (χ4n) is 2.47.